The Kier molecular flexibility index (Phi) is 4.55. The van der Waals surface area contributed by atoms with E-state index in [1.54, 1.807) is 0 Å². The van der Waals surface area contributed by atoms with Crippen LogP contribution in [0.5, 0.6) is 0 Å². The number of nitrogens with zero attached hydrogens (tertiary/aromatic N) is 2. The maximum Gasteiger partial charge on any atom is 0.0535 e. The molecule has 0 aromatic carbocycles. The fourth-order valence-electron chi connectivity index (χ4n) is 4.05. The highest BCUT2D eigenvalue weighted by Crippen LogP contribution is 2.26. The van der Waals surface area contributed by atoms with Crippen molar-refractivity contribution >= 4 is 0 Å². The van der Waals surface area contributed by atoms with E-state index in [9.17, 15) is 0 Å². The second-order valence-electron chi connectivity index (χ2n) is 6.47. The lowest BCUT2D eigenvalue weighted by Gasteiger charge is -2.45. The van der Waals surface area contributed by atoms with Crippen LogP contribution < -0.4 is 5.32 Å². The molecule has 0 aromatic rings. The van der Waals surface area contributed by atoms with Crippen molar-refractivity contribution in [2.75, 3.05) is 20.0 Å². The minimum atomic E-state index is 0.859. The van der Waals surface area contributed by atoms with Crippen LogP contribution in [0.4, 0.5) is 0 Å². The normalized spacial score (nSPS) is 30.7. The quantitative estimate of drug-likeness (QED) is 0.814. The molecule has 0 unspecified atom stereocenters. The molecule has 0 bridgehead atoms. The van der Waals surface area contributed by atoms with Crippen LogP contribution in [0, 0.1) is 0 Å². The first-order valence-electron chi connectivity index (χ1n) is 8.12. The van der Waals surface area contributed by atoms with E-state index in [0.717, 1.165) is 25.4 Å². The molecule has 1 saturated heterocycles. The van der Waals surface area contributed by atoms with Gasteiger partial charge in [0.25, 0.3) is 0 Å². The third-order valence-electron chi connectivity index (χ3n) is 5.18. The monoisotopic (exact) mass is 251 g/mol. The maximum absolute atomic E-state index is 3.63. The van der Waals surface area contributed by atoms with Gasteiger partial charge in [-0.1, -0.05) is 38.5 Å². The van der Waals surface area contributed by atoms with Gasteiger partial charge >= 0.3 is 0 Å². The molecule has 2 saturated carbocycles. The van der Waals surface area contributed by atoms with Crippen LogP contribution in [-0.2, 0) is 0 Å². The minimum Gasteiger partial charge on any atom is -0.291 e. The number of nitrogens with one attached hydrogen (secondary N) is 1. The molecule has 2 aliphatic carbocycles. The summed E-state index contributed by atoms with van der Waals surface area (Å²) in [6.07, 6.45) is 14.4. The van der Waals surface area contributed by atoms with Crippen molar-refractivity contribution in [3.63, 3.8) is 0 Å². The zero-order valence-corrected chi connectivity index (χ0v) is 11.7. The number of hydrogen-bond acceptors (Lipinski definition) is 3. The second kappa shape index (κ2) is 6.36. The highest BCUT2D eigenvalue weighted by molar-refractivity contribution is 4.82. The molecule has 3 nitrogen and oxygen atoms in total. The van der Waals surface area contributed by atoms with E-state index in [1.807, 2.05) is 0 Å². The molecule has 1 heterocycles. The Morgan fingerprint density at radius 3 is 1.50 bits per heavy atom. The zero-order chi connectivity index (χ0) is 12.2. The molecular formula is C15H29N3. The molecule has 0 amide bonds. The molecule has 104 valence electrons. The van der Waals surface area contributed by atoms with Gasteiger partial charge in [-0.2, -0.15) is 0 Å². The van der Waals surface area contributed by atoms with Crippen LogP contribution in [0.25, 0.3) is 0 Å². The molecule has 1 N–H and O–H groups in total. The average molecular weight is 251 g/mol. The predicted molar refractivity (Wildman–Crippen MR) is 75.2 cm³/mol. The molecule has 0 radical (unpaired) electrons. The minimum absolute atomic E-state index is 0.859. The van der Waals surface area contributed by atoms with E-state index < -0.39 is 0 Å². The molecule has 1 aliphatic heterocycles. The van der Waals surface area contributed by atoms with Gasteiger partial charge in [0.1, 0.15) is 0 Å². The highest BCUT2D eigenvalue weighted by Gasteiger charge is 2.29. The van der Waals surface area contributed by atoms with E-state index in [1.165, 1.54) is 70.9 Å². The molecular weight excluding hydrogens is 222 g/mol. The third kappa shape index (κ3) is 3.06. The fourth-order valence-corrected chi connectivity index (χ4v) is 4.05. The summed E-state index contributed by atoms with van der Waals surface area (Å²) in [7, 11) is 0. The molecule has 3 heteroatoms. The van der Waals surface area contributed by atoms with Gasteiger partial charge in [0, 0.05) is 12.1 Å². The van der Waals surface area contributed by atoms with Crippen LogP contribution in [0.15, 0.2) is 0 Å². The summed E-state index contributed by atoms with van der Waals surface area (Å²) in [6.45, 7) is 3.46. The van der Waals surface area contributed by atoms with Gasteiger partial charge < -0.3 is 0 Å². The zero-order valence-electron chi connectivity index (χ0n) is 11.7. The summed E-state index contributed by atoms with van der Waals surface area (Å²) in [5, 5.41) is 3.63. The summed E-state index contributed by atoms with van der Waals surface area (Å²) < 4.78 is 0. The lowest BCUT2D eigenvalue weighted by Crippen LogP contribution is -2.59. The van der Waals surface area contributed by atoms with E-state index in [4.69, 9.17) is 0 Å². The lowest BCUT2D eigenvalue weighted by atomic mass is 9.93. The summed E-state index contributed by atoms with van der Waals surface area (Å²) in [5.41, 5.74) is 0. The molecule has 3 fully saturated rings. The molecule has 0 spiro atoms. The summed E-state index contributed by atoms with van der Waals surface area (Å²) >= 11 is 0. The van der Waals surface area contributed by atoms with Gasteiger partial charge in [0.15, 0.2) is 0 Å². The lowest BCUT2D eigenvalue weighted by molar-refractivity contribution is -0.00990. The Balaban J connectivity index is 1.53. The van der Waals surface area contributed by atoms with Gasteiger partial charge in [-0.25, -0.2) is 0 Å². The first-order chi connectivity index (χ1) is 8.93. The van der Waals surface area contributed by atoms with Crippen molar-refractivity contribution in [3.8, 4) is 0 Å². The maximum atomic E-state index is 3.63. The molecule has 0 atom stereocenters. The van der Waals surface area contributed by atoms with E-state index in [2.05, 4.69) is 15.1 Å². The Labute approximate surface area is 112 Å². The molecule has 0 aromatic heterocycles. The van der Waals surface area contributed by atoms with Crippen molar-refractivity contribution < 1.29 is 0 Å². The first kappa shape index (κ1) is 12.9. The van der Waals surface area contributed by atoms with E-state index in [-0.39, 0.29) is 0 Å². The Hall–Kier alpha value is -0.120. The summed E-state index contributed by atoms with van der Waals surface area (Å²) in [4.78, 5) is 5.41. The molecule has 3 rings (SSSR count). The molecule has 18 heavy (non-hydrogen) atoms. The fraction of sp³-hybridized carbons (Fsp3) is 1.00. The van der Waals surface area contributed by atoms with Gasteiger partial charge in [0.05, 0.1) is 20.0 Å². The molecule has 3 aliphatic rings. The van der Waals surface area contributed by atoms with Gasteiger partial charge in [-0.3, -0.25) is 15.1 Å². The Bertz CT molecular complexity index is 220. The summed E-state index contributed by atoms with van der Waals surface area (Å²) in [6, 6.07) is 1.72. The van der Waals surface area contributed by atoms with E-state index in [0.29, 0.717) is 0 Å². The summed E-state index contributed by atoms with van der Waals surface area (Å²) in [5.74, 6) is 0. The third-order valence-corrected chi connectivity index (χ3v) is 5.18. The average Bonchev–Trinajstić information content (AvgIpc) is 2.49. The van der Waals surface area contributed by atoms with Crippen molar-refractivity contribution in [3.05, 3.63) is 0 Å². The van der Waals surface area contributed by atoms with Crippen molar-refractivity contribution in [2.45, 2.75) is 76.3 Å². The van der Waals surface area contributed by atoms with Crippen LogP contribution >= 0.6 is 0 Å². The van der Waals surface area contributed by atoms with E-state index >= 15 is 0 Å². The standard InChI is InChI=1S/C15H29N3/c1-3-7-14(8-4-1)17-11-16-12-18(13-17)15-9-5-2-6-10-15/h14-16H,1-13H2. The van der Waals surface area contributed by atoms with Crippen molar-refractivity contribution in [1.29, 1.82) is 0 Å². The highest BCUT2D eigenvalue weighted by atomic mass is 15.4. The first-order valence-corrected chi connectivity index (χ1v) is 8.12. The number of rotatable bonds is 2. The van der Waals surface area contributed by atoms with Crippen LogP contribution in [0.3, 0.4) is 0 Å². The Morgan fingerprint density at radius 1 is 0.611 bits per heavy atom. The van der Waals surface area contributed by atoms with Gasteiger partial charge in [-0.15, -0.1) is 0 Å². The van der Waals surface area contributed by atoms with Gasteiger partial charge in [-0.05, 0) is 25.7 Å². The second-order valence-corrected chi connectivity index (χ2v) is 6.47. The van der Waals surface area contributed by atoms with Crippen molar-refractivity contribution in [1.82, 2.24) is 15.1 Å². The van der Waals surface area contributed by atoms with Crippen LogP contribution in [0.1, 0.15) is 64.2 Å². The number of hydrogen-bond donors (Lipinski definition) is 1. The Morgan fingerprint density at radius 2 is 1.06 bits per heavy atom. The SMILES string of the molecule is C1CCC(N2CNCN(C3CCCCC3)C2)CC1. The van der Waals surface area contributed by atoms with Crippen molar-refractivity contribution in [2.24, 2.45) is 0 Å². The van der Waals surface area contributed by atoms with Crippen LogP contribution in [-0.4, -0.2) is 41.9 Å². The smallest absolute Gasteiger partial charge is 0.0535 e. The predicted octanol–water partition coefficient (Wildman–Crippen LogP) is 2.73. The topological polar surface area (TPSA) is 18.5 Å². The van der Waals surface area contributed by atoms with Gasteiger partial charge in [0.2, 0.25) is 0 Å². The largest absolute Gasteiger partial charge is 0.291 e. The van der Waals surface area contributed by atoms with Crippen LogP contribution in [0.2, 0.25) is 0 Å².